The summed E-state index contributed by atoms with van der Waals surface area (Å²) in [4.78, 5) is 11.0. The van der Waals surface area contributed by atoms with E-state index < -0.39 is 11.9 Å². The fraction of sp³-hybridized carbons (Fsp3) is 0.500. The van der Waals surface area contributed by atoms with Gasteiger partial charge in [-0.3, -0.25) is 4.79 Å². The molecule has 1 unspecified atom stereocenters. The summed E-state index contributed by atoms with van der Waals surface area (Å²) in [5, 5.41) is 9.85. The molecule has 0 aromatic carbocycles. The van der Waals surface area contributed by atoms with Crippen LogP contribution in [0.2, 0.25) is 0 Å². The first kappa shape index (κ1) is 26.6. The van der Waals surface area contributed by atoms with Gasteiger partial charge in [-0.05, 0) is 57.8 Å². The van der Waals surface area contributed by atoms with Crippen LogP contribution in [-0.2, 0) is 19.0 Å². The van der Waals surface area contributed by atoms with Gasteiger partial charge in [-0.15, -0.1) is 0 Å². The molecule has 0 aromatic rings. The Morgan fingerprint density at radius 2 is 1.90 bits per heavy atom. The standard InChI is InChI=1S/C26H36O5/c1-5-6-12-19-23-24(31-26(2,3)30-23)20-15-10-8-7-9-13-17-22(27)18-14-11-16-21-25(28)29-4/h6,8,10-15,17,20,22-24,27H,5,16,18-19,21H2,1-4H3/b10-8+,12-6-,14-11-,17-13+,20-15+/t22-,23?,24-/m1/s1. The van der Waals surface area contributed by atoms with Gasteiger partial charge in [-0.2, -0.15) is 0 Å². The number of allylic oxidation sites excluding steroid dienone is 6. The van der Waals surface area contributed by atoms with E-state index in [1.807, 2.05) is 44.2 Å². The second-order valence-corrected chi connectivity index (χ2v) is 7.54. The molecule has 0 aliphatic carbocycles. The monoisotopic (exact) mass is 428 g/mol. The van der Waals surface area contributed by atoms with Crippen molar-refractivity contribution in [2.75, 3.05) is 7.11 Å². The van der Waals surface area contributed by atoms with E-state index >= 15 is 0 Å². The Labute approximate surface area is 187 Å². The maximum absolute atomic E-state index is 11.0. The third kappa shape index (κ3) is 12.8. The second kappa shape index (κ2) is 15.4. The lowest BCUT2D eigenvalue weighted by molar-refractivity contribution is -0.142. The third-order valence-corrected chi connectivity index (χ3v) is 4.36. The summed E-state index contributed by atoms with van der Waals surface area (Å²) in [6.07, 6.45) is 21.3. The molecule has 5 nitrogen and oxygen atoms in total. The number of aliphatic hydroxyl groups excluding tert-OH is 1. The highest BCUT2D eigenvalue weighted by Gasteiger charge is 2.38. The normalized spacial score (nSPS) is 22.1. The van der Waals surface area contributed by atoms with E-state index in [4.69, 9.17) is 9.47 Å². The molecule has 1 heterocycles. The Morgan fingerprint density at radius 1 is 1.13 bits per heavy atom. The SMILES string of the molecule is CC/C=C\CC1OC(C)(C)O[C@@H]1/C=C/C=C/C#C/C=C/[C@@H](O)C/C=C\CCC(=O)OC. The molecule has 3 atom stereocenters. The van der Waals surface area contributed by atoms with Gasteiger partial charge in [-0.1, -0.05) is 61.3 Å². The summed E-state index contributed by atoms with van der Waals surface area (Å²) in [6, 6.07) is 0. The average molecular weight is 429 g/mol. The maximum atomic E-state index is 11.0. The summed E-state index contributed by atoms with van der Waals surface area (Å²) < 4.78 is 16.5. The fourth-order valence-electron chi connectivity index (χ4n) is 2.87. The van der Waals surface area contributed by atoms with Crippen molar-refractivity contribution in [3.63, 3.8) is 0 Å². The number of esters is 1. The maximum Gasteiger partial charge on any atom is 0.305 e. The number of hydrogen-bond donors (Lipinski definition) is 1. The van der Waals surface area contributed by atoms with Crippen molar-refractivity contribution in [1.29, 1.82) is 0 Å². The highest BCUT2D eigenvalue weighted by atomic mass is 16.7. The summed E-state index contributed by atoms with van der Waals surface area (Å²) in [5.41, 5.74) is 0. The van der Waals surface area contributed by atoms with E-state index in [0.29, 0.717) is 19.3 Å². The highest BCUT2D eigenvalue weighted by Crippen LogP contribution is 2.30. The van der Waals surface area contributed by atoms with Gasteiger partial charge in [0.15, 0.2) is 5.79 Å². The van der Waals surface area contributed by atoms with Gasteiger partial charge in [0.05, 0.1) is 19.3 Å². The molecule has 1 aliphatic heterocycles. The molecule has 5 heteroatoms. The Bertz CT molecular complexity index is 731. The van der Waals surface area contributed by atoms with Gasteiger partial charge < -0.3 is 19.3 Å². The van der Waals surface area contributed by atoms with Crippen LogP contribution in [0.5, 0.6) is 0 Å². The Balaban J connectivity index is 2.37. The second-order valence-electron chi connectivity index (χ2n) is 7.54. The van der Waals surface area contributed by atoms with Gasteiger partial charge in [-0.25, -0.2) is 0 Å². The van der Waals surface area contributed by atoms with Crippen molar-refractivity contribution in [3.8, 4) is 11.8 Å². The number of hydrogen-bond acceptors (Lipinski definition) is 5. The Morgan fingerprint density at radius 3 is 2.65 bits per heavy atom. The number of carbonyl (C=O) groups excluding carboxylic acids is 1. The van der Waals surface area contributed by atoms with Crippen molar-refractivity contribution in [3.05, 3.63) is 60.8 Å². The van der Waals surface area contributed by atoms with Crippen LogP contribution < -0.4 is 0 Å². The summed E-state index contributed by atoms with van der Waals surface area (Å²) >= 11 is 0. The summed E-state index contributed by atoms with van der Waals surface area (Å²) in [6.45, 7) is 5.97. The molecule has 1 rings (SSSR count). The van der Waals surface area contributed by atoms with Crippen LogP contribution in [0.4, 0.5) is 0 Å². The average Bonchev–Trinajstić information content (AvgIpc) is 3.03. The van der Waals surface area contributed by atoms with Gasteiger partial charge in [0, 0.05) is 6.42 Å². The zero-order valence-electron chi connectivity index (χ0n) is 19.1. The van der Waals surface area contributed by atoms with E-state index in [9.17, 15) is 9.90 Å². The predicted octanol–water partition coefficient (Wildman–Crippen LogP) is 4.80. The molecule has 0 bridgehead atoms. The van der Waals surface area contributed by atoms with Crippen LogP contribution in [0.25, 0.3) is 0 Å². The van der Waals surface area contributed by atoms with Gasteiger partial charge >= 0.3 is 5.97 Å². The smallest absolute Gasteiger partial charge is 0.305 e. The van der Waals surface area contributed by atoms with E-state index in [1.54, 1.807) is 18.2 Å². The lowest BCUT2D eigenvalue weighted by Crippen LogP contribution is -2.21. The van der Waals surface area contributed by atoms with Crippen LogP contribution in [0.3, 0.4) is 0 Å². The molecule has 0 spiro atoms. The predicted molar refractivity (Wildman–Crippen MR) is 124 cm³/mol. The number of aliphatic hydroxyl groups is 1. The molecule has 0 saturated carbocycles. The number of ether oxygens (including phenoxy) is 3. The van der Waals surface area contributed by atoms with E-state index in [0.717, 1.165) is 12.8 Å². The molecule has 1 fully saturated rings. The first-order valence-corrected chi connectivity index (χ1v) is 10.8. The summed E-state index contributed by atoms with van der Waals surface area (Å²) in [5.74, 6) is 4.95. The van der Waals surface area contributed by atoms with E-state index in [2.05, 4.69) is 35.7 Å². The molecule has 0 aromatic heterocycles. The molecular formula is C26H36O5. The van der Waals surface area contributed by atoms with Gasteiger partial charge in [0.1, 0.15) is 6.10 Å². The van der Waals surface area contributed by atoms with Crippen molar-refractivity contribution in [2.45, 2.75) is 77.0 Å². The van der Waals surface area contributed by atoms with Crippen molar-refractivity contribution < 1.29 is 24.1 Å². The molecule has 170 valence electrons. The third-order valence-electron chi connectivity index (χ3n) is 4.36. The van der Waals surface area contributed by atoms with Gasteiger partial charge in [0.2, 0.25) is 0 Å². The molecule has 1 saturated heterocycles. The lowest BCUT2D eigenvalue weighted by Gasteiger charge is -2.16. The molecule has 31 heavy (non-hydrogen) atoms. The van der Waals surface area contributed by atoms with Crippen molar-refractivity contribution >= 4 is 5.97 Å². The molecule has 0 radical (unpaired) electrons. The first-order valence-electron chi connectivity index (χ1n) is 10.8. The van der Waals surface area contributed by atoms with Crippen molar-refractivity contribution in [2.24, 2.45) is 0 Å². The first-order chi connectivity index (χ1) is 14.9. The molecule has 1 aliphatic rings. The number of rotatable bonds is 11. The lowest BCUT2D eigenvalue weighted by atomic mass is 10.1. The minimum atomic E-state index is -0.603. The summed E-state index contributed by atoms with van der Waals surface area (Å²) in [7, 11) is 1.37. The van der Waals surface area contributed by atoms with Crippen molar-refractivity contribution in [1.82, 2.24) is 0 Å². The molecule has 1 N–H and O–H groups in total. The van der Waals surface area contributed by atoms with Crippen LogP contribution in [-0.4, -0.2) is 42.3 Å². The van der Waals surface area contributed by atoms with Crippen LogP contribution >= 0.6 is 0 Å². The minimum absolute atomic E-state index is 0.00692. The zero-order valence-corrected chi connectivity index (χ0v) is 19.1. The van der Waals surface area contributed by atoms with E-state index in [1.165, 1.54) is 7.11 Å². The topological polar surface area (TPSA) is 65.0 Å². The van der Waals surface area contributed by atoms with Crippen LogP contribution in [0.1, 0.15) is 52.9 Å². The highest BCUT2D eigenvalue weighted by molar-refractivity contribution is 5.69. The Kier molecular flexibility index (Phi) is 13.3. The molecular weight excluding hydrogens is 392 g/mol. The molecule has 0 amide bonds. The Hall–Kier alpha value is -2.39. The quantitative estimate of drug-likeness (QED) is 0.222. The minimum Gasteiger partial charge on any atom is -0.469 e. The largest absolute Gasteiger partial charge is 0.469 e. The van der Waals surface area contributed by atoms with E-state index in [-0.39, 0.29) is 18.2 Å². The number of carbonyl (C=O) groups is 1. The van der Waals surface area contributed by atoms with Gasteiger partial charge in [0.25, 0.3) is 0 Å². The fourth-order valence-corrected chi connectivity index (χ4v) is 2.87. The zero-order chi connectivity index (χ0) is 23.0. The van der Waals surface area contributed by atoms with Crippen LogP contribution in [0.15, 0.2) is 60.8 Å². The number of methoxy groups -OCH3 is 1. The van der Waals surface area contributed by atoms with Crippen LogP contribution in [0, 0.1) is 11.8 Å².